The van der Waals surface area contributed by atoms with E-state index in [9.17, 15) is 0 Å². The Morgan fingerprint density at radius 2 is 1.61 bits per heavy atom. The minimum absolute atomic E-state index is 0.228. The van der Waals surface area contributed by atoms with E-state index in [1.807, 2.05) is 36.4 Å². The van der Waals surface area contributed by atoms with Crippen LogP contribution in [0.25, 0.3) is 0 Å². The lowest BCUT2D eigenvalue weighted by atomic mass is 9.99. The second kappa shape index (κ2) is 5.61. The molecular weight excluding hydrogens is 269 g/mol. The summed E-state index contributed by atoms with van der Waals surface area (Å²) in [7, 11) is 1.58. The summed E-state index contributed by atoms with van der Waals surface area (Å²) < 4.78 is 5.18. The fourth-order valence-electron chi connectivity index (χ4n) is 1.73. The Balaban J connectivity index is 2.33. The molecule has 0 amide bonds. The van der Waals surface area contributed by atoms with Crippen LogP contribution in [0, 0.1) is 0 Å². The number of ether oxygens (including phenoxy) is 1. The van der Waals surface area contributed by atoms with Crippen LogP contribution in [0.4, 0.5) is 0 Å². The zero-order valence-electron chi connectivity index (χ0n) is 9.86. The second-order valence-corrected chi connectivity index (χ2v) is 4.77. The lowest BCUT2D eigenvalue weighted by Crippen LogP contribution is -2.11. The van der Waals surface area contributed by atoms with Gasteiger partial charge in [0, 0.05) is 5.02 Å². The molecule has 18 heavy (non-hydrogen) atoms. The van der Waals surface area contributed by atoms with E-state index in [-0.39, 0.29) is 6.04 Å². The van der Waals surface area contributed by atoms with E-state index in [4.69, 9.17) is 33.7 Å². The molecule has 0 saturated heterocycles. The number of hydrogen-bond acceptors (Lipinski definition) is 2. The van der Waals surface area contributed by atoms with Gasteiger partial charge in [0.1, 0.15) is 5.75 Å². The summed E-state index contributed by atoms with van der Waals surface area (Å²) in [6, 6.07) is 12.8. The number of benzene rings is 2. The predicted octanol–water partition coefficient (Wildman–Crippen LogP) is 4.05. The molecule has 0 heterocycles. The smallest absolute Gasteiger partial charge is 0.137 e. The quantitative estimate of drug-likeness (QED) is 0.921. The van der Waals surface area contributed by atoms with Crippen LogP contribution in [0.1, 0.15) is 17.2 Å². The van der Waals surface area contributed by atoms with E-state index in [0.717, 1.165) is 11.1 Å². The van der Waals surface area contributed by atoms with Crippen LogP contribution in [0.3, 0.4) is 0 Å². The Labute approximate surface area is 116 Å². The van der Waals surface area contributed by atoms with Gasteiger partial charge in [0.25, 0.3) is 0 Å². The topological polar surface area (TPSA) is 35.2 Å². The number of nitrogens with two attached hydrogens (primary N) is 1. The molecule has 0 aromatic heterocycles. The third kappa shape index (κ3) is 2.78. The Morgan fingerprint density at radius 3 is 2.22 bits per heavy atom. The highest BCUT2D eigenvalue weighted by molar-refractivity contribution is 6.32. The van der Waals surface area contributed by atoms with Crippen molar-refractivity contribution in [2.24, 2.45) is 5.73 Å². The SMILES string of the molecule is COc1cc(C(N)c2ccc(Cl)cc2)ccc1Cl. The maximum atomic E-state index is 6.20. The summed E-state index contributed by atoms with van der Waals surface area (Å²) in [4.78, 5) is 0. The van der Waals surface area contributed by atoms with Crippen LogP contribution in [-0.4, -0.2) is 7.11 Å². The standard InChI is InChI=1S/C14H13Cl2NO/c1-18-13-8-10(4-7-12(13)16)14(17)9-2-5-11(15)6-3-9/h2-8,14H,17H2,1H3. The first-order chi connectivity index (χ1) is 8.61. The number of rotatable bonds is 3. The molecule has 4 heteroatoms. The molecule has 0 aliphatic carbocycles. The molecule has 0 radical (unpaired) electrons. The molecule has 0 aliphatic rings. The van der Waals surface area contributed by atoms with Crippen molar-refractivity contribution in [2.45, 2.75) is 6.04 Å². The van der Waals surface area contributed by atoms with Crippen LogP contribution in [-0.2, 0) is 0 Å². The van der Waals surface area contributed by atoms with Gasteiger partial charge >= 0.3 is 0 Å². The zero-order valence-corrected chi connectivity index (χ0v) is 11.4. The van der Waals surface area contributed by atoms with Crippen LogP contribution in [0.15, 0.2) is 42.5 Å². The third-order valence-electron chi connectivity index (χ3n) is 2.76. The van der Waals surface area contributed by atoms with Crippen molar-refractivity contribution in [2.75, 3.05) is 7.11 Å². The molecule has 1 unspecified atom stereocenters. The highest BCUT2D eigenvalue weighted by atomic mass is 35.5. The van der Waals surface area contributed by atoms with E-state index >= 15 is 0 Å². The highest BCUT2D eigenvalue weighted by Gasteiger charge is 2.11. The van der Waals surface area contributed by atoms with Crippen molar-refractivity contribution in [3.05, 3.63) is 63.6 Å². The average Bonchev–Trinajstić information content (AvgIpc) is 2.39. The van der Waals surface area contributed by atoms with Gasteiger partial charge in [-0.2, -0.15) is 0 Å². The zero-order chi connectivity index (χ0) is 13.1. The van der Waals surface area contributed by atoms with Gasteiger partial charge in [0.05, 0.1) is 18.2 Å². The minimum atomic E-state index is -0.228. The van der Waals surface area contributed by atoms with Gasteiger partial charge in [-0.1, -0.05) is 41.4 Å². The van der Waals surface area contributed by atoms with Crippen molar-refractivity contribution in [3.63, 3.8) is 0 Å². The normalized spacial score (nSPS) is 12.2. The molecule has 1 atom stereocenters. The molecule has 0 bridgehead atoms. The van der Waals surface area contributed by atoms with Gasteiger partial charge in [0.15, 0.2) is 0 Å². The Kier molecular flexibility index (Phi) is 4.12. The number of methoxy groups -OCH3 is 1. The number of hydrogen-bond donors (Lipinski definition) is 1. The summed E-state index contributed by atoms with van der Waals surface area (Å²) >= 11 is 11.8. The van der Waals surface area contributed by atoms with Crippen molar-refractivity contribution >= 4 is 23.2 Å². The molecule has 0 fully saturated rings. The second-order valence-electron chi connectivity index (χ2n) is 3.92. The largest absolute Gasteiger partial charge is 0.495 e. The first kappa shape index (κ1) is 13.2. The fraction of sp³-hybridized carbons (Fsp3) is 0.143. The van der Waals surface area contributed by atoms with E-state index in [2.05, 4.69) is 0 Å². The van der Waals surface area contributed by atoms with Gasteiger partial charge in [0.2, 0.25) is 0 Å². The van der Waals surface area contributed by atoms with Crippen LogP contribution >= 0.6 is 23.2 Å². The molecule has 2 aromatic carbocycles. The predicted molar refractivity (Wildman–Crippen MR) is 75.5 cm³/mol. The van der Waals surface area contributed by atoms with Crippen LogP contribution in [0.2, 0.25) is 10.0 Å². The lowest BCUT2D eigenvalue weighted by Gasteiger charge is -2.14. The van der Waals surface area contributed by atoms with Gasteiger partial charge < -0.3 is 10.5 Å². The van der Waals surface area contributed by atoms with E-state index in [1.165, 1.54) is 0 Å². The molecule has 0 saturated carbocycles. The molecular formula is C14H13Cl2NO. The third-order valence-corrected chi connectivity index (χ3v) is 3.33. The summed E-state index contributed by atoms with van der Waals surface area (Å²) in [5, 5.41) is 1.27. The van der Waals surface area contributed by atoms with E-state index in [0.29, 0.717) is 15.8 Å². The number of halogens is 2. The minimum Gasteiger partial charge on any atom is -0.495 e. The summed E-state index contributed by atoms with van der Waals surface area (Å²) in [6.07, 6.45) is 0. The van der Waals surface area contributed by atoms with Gasteiger partial charge in [-0.25, -0.2) is 0 Å². The molecule has 2 N–H and O–H groups in total. The van der Waals surface area contributed by atoms with Crippen molar-refractivity contribution in [1.82, 2.24) is 0 Å². The van der Waals surface area contributed by atoms with E-state index < -0.39 is 0 Å². The molecule has 2 nitrogen and oxygen atoms in total. The Bertz CT molecular complexity index is 540. The molecule has 2 rings (SSSR count). The highest BCUT2D eigenvalue weighted by Crippen LogP contribution is 2.29. The van der Waals surface area contributed by atoms with Crippen molar-refractivity contribution in [1.29, 1.82) is 0 Å². The van der Waals surface area contributed by atoms with Gasteiger partial charge in [-0.05, 0) is 35.4 Å². The van der Waals surface area contributed by atoms with Crippen molar-refractivity contribution in [3.8, 4) is 5.75 Å². The molecule has 94 valence electrons. The maximum Gasteiger partial charge on any atom is 0.137 e. The first-order valence-corrected chi connectivity index (χ1v) is 6.22. The van der Waals surface area contributed by atoms with Crippen LogP contribution < -0.4 is 10.5 Å². The molecule has 2 aromatic rings. The Morgan fingerprint density at radius 1 is 1.00 bits per heavy atom. The molecule has 0 aliphatic heterocycles. The van der Waals surface area contributed by atoms with Gasteiger partial charge in [-0.15, -0.1) is 0 Å². The summed E-state index contributed by atoms with van der Waals surface area (Å²) in [6.45, 7) is 0. The first-order valence-electron chi connectivity index (χ1n) is 5.46. The summed E-state index contributed by atoms with van der Waals surface area (Å²) in [5.41, 5.74) is 8.13. The maximum absolute atomic E-state index is 6.20. The molecule has 0 spiro atoms. The average molecular weight is 282 g/mol. The lowest BCUT2D eigenvalue weighted by molar-refractivity contribution is 0.414. The van der Waals surface area contributed by atoms with E-state index in [1.54, 1.807) is 13.2 Å². The monoisotopic (exact) mass is 281 g/mol. The van der Waals surface area contributed by atoms with Gasteiger partial charge in [-0.3, -0.25) is 0 Å². The fourth-order valence-corrected chi connectivity index (χ4v) is 2.05. The summed E-state index contributed by atoms with van der Waals surface area (Å²) in [5.74, 6) is 0.624. The van der Waals surface area contributed by atoms with Crippen molar-refractivity contribution < 1.29 is 4.74 Å². The van der Waals surface area contributed by atoms with Crippen LogP contribution in [0.5, 0.6) is 5.75 Å². The Hall–Kier alpha value is -1.22.